The summed E-state index contributed by atoms with van der Waals surface area (Å²) in [7, 11) is 1.27. The molecule has 228 valence electrons. The molecule has 1 aliphatic heterocycles. The van der Waals surface area contributed by atoms with Gasteiger partial charge in [-0.25, -0.2) is 9.59 Å². The first-order valence-electron chi connectivity index (χ1n) is 14.9. The van der Waals surface area contributed by atoms with Crippen molar-refractivity contribution in [1.29, 1.82) is 0 Å². The van der Waals surface area contributed by atoms with Crippen LogP contribution in [0.25, 0.3) is 0 Å². The van der Waals surface area contributed by atoms with Crippen molar-refractivity contribution in [2.45, 2.75) is 83.0 Å². The van der Waals surface area contributed by atoms with Crippen molar-refractivity contribution < 1.29 is 33.7 Å². The zero-order chi connectivity index (χ0) is 30.3. The molecule has 9 nitrogen and oxygen atoms in total. The Kier molecular flexibility index (Phi) is 10.1. The Morgan fingerprint density at radius 3 is 2.33 bits per heavy atom. The second-order valence-corrected chi connectivity index (χ2v) is 12.4. The average molecular weight is 581 g/mol. The molecule has 0 radical (unpaired) electrons. The standard InChI is InChI=1S/C33H44N2O7/c1-32(2,3)42-31(38)34-21-23-9-7-10-25(19-23)24-15-17-35(18-16-24)29(36)26-11-8-14-28(20-26)41-22-33(39,30(37)40-4)27-12-5-6-13-27/h7-11,14,19-20,24,27,39H,5-6,12-13,15-18,21-22H2,1-4H3,(H,34,38). The molecule has 1 atom stereocenters. The molecule has 2 fully saturated rings. The van der Waals surface area contributed by atoms with E-state index in [1.807, 2.05) is 37.8 Å². The van der Waals surface area contributed by atoms with Crippen LogP contribution in [-0.4, -0.2) is 66.0 Å². The van der Waals surface area contributed by atoms with Crippen LogP contribution in [0.15, 0.2) is 48.5 Å². The topological polar surface area (TPSA) is 114 Å². The maximum Gasteiger partial charge on any atom is 0.407 e. The lowest BCUT2D eigenvalue weighted by molar-refractivity contribution is -0.172. The summed E-state index contributed by atoms with van der Waals surface area (Å²) in [5.41, 5.74) is 0.443. The van der Waals surface area contributed by atoms with Gasteiger partial charge in [-0.1, -0.05) is 43.2 Å². The maximum atomic E-state index is 13.4. The van der Waals surface area contributed by atoms with E-state index >= 15 is 0 Å². The van der Waals surface area contributed by atoms with E-state index in [0.29, 0.717) is 36.9 Å². The third-order valence-corrected chi connectivity index (χ3v) is 8.15. The Morgan fingerprint density at radius 2 is 1.67 bits per heavy atom. The second-order valence-electron chi connectivity index (χ2n) is 12.4. The molecule has 0 aromatic heterocycles. The van der Waals surface area contributed by atoms with E-state index < -0.39 is 23.3 Å². The fourth-order valence-electron chi connectivity index (χ4n) is 5.88. The van der Waals surface area contributed by atoms with Gasteiger partial charge in [-0.05, 0) is 81.7 Å². The number of benzene rings is 2. The van der Waals surface area contributed by atoms with Gasteiger partial charge in [-0.2, -0.15) is 0 Å². The van der Waals surface area contributed by atoms with Crippen LogP contribution in [0, 0.1) is 5.92 Å². The van der Waals surface area contributed by atoms with Gasteiger partial charge in [0.2, 0.25) is 0 Å². The summed E-state index contributed by atoms with van der Waals surface area (Å²) in [6, 6.07) is 15.1. The molecule has 2 aliphatic rings. The van der Waals surface area contributed by atoms with Gasteiger partial charge < -0.3 is 29.5 Å². The zero-order valence-corrected chi connectivity index (χ0v) is 25.2. The van der Waals surface area contributed by atoms with Crippen LogP contribution in [0.5, 0.6) is 5.75 Å². The first-order valence-corrected chi connectivity index (χ1v) is 14.9. The molecule has 2 amide bonds. The number of hydrogen-bond acceptors (Lipinski definition) is 7. The van der Waals surface area contributed by atoms with Crippen molar-refractivity contribution in [3.05, 3.63) is 65.2 Å². The fraction of sp³-hybridized carbons (Fsp3) is 0.545. The van der Waals surface area contributed by atoms with Crippen molar-refractivity contribution >= 4 is 18.0 Å². The molecule has 4 rings (SSSR count). The van der Waals surface area contributed by atoms with Crippen LogP contribution in [-0.2, 0) is 20.8 Å². The number of esters is 1. The predicted octanol–water partition coefficient (Wildman–Crippen LogP) is 5.20. The van der Waals surface area contributed by atoms with Gasteiger partial charge in [0.1, 0.15) is 18.0 Å². The summed E-state index contributed by atoms with van der Waals surface area (Å²) >= 11 is 0. The van der Waals surface area contributed by atoms with E-state index in [4.69, 9.17) is 14.2 Å². The minimum Gasteiger partial charge on any atom is -0.490 e. The zero-order valence-electron chi connectivity index (χ0n) is 25.2. The van der Waals surface area contributed by atoms with E-state index in [1.165, 1.54) is 12.7 Å². The van der Waals surface area contributed by atoms with Gasteiger partial charge in [-0.15, -0.1) is 0 Å². The summed E-state index contributed by atoms with van der Waals surface area (Å²) in [4.78, 5) is 39.7. The summed E-state index contributed by atoms with van der Waals surface area (Å²) in [5.74, 6) is -0.231. The Labute approximate surface area is 248 Å². The quantitative estimate of drug-likeness (QED) is 0.392. The predicted molar refractivity (Wildman–Crippen MR) is 158 cm³/mol. The summed E-state index contributed by atoms with van der Waals surface area (Å²) in [6.07, 6.45) is 4.63. The molecule has 1 unspecified atom stereocenters. The number of alkyl carbamates (subject to hydrolysis) is 1. The molecule has 1 saturated carbocycles. The summed E-state index contributed by atoms with van der Waals surface area (Å²) in [6.45, 7) is 6.91. The van der Waals surface area contributed by atoms with Gasteiger partial charge in [-0.3, -0.25) is 4.79 Å². The van der Waals surface area contributed by atoms with Gasteiger partial charge in [0.05, 0.1) is 7.11 Å². The molecule has 0 spiro atoms. The Hall–Kier alpha value is -3.59. The molecule has 42 heavy (non-hydrogen) atoms. The molecule has 1 heterocycles. The number of aliphatic hydroxyl groups is 1. The van der Waals surface area contributed by atoms with Crippen molar-refractivity contribution in [2.24, 2.45) is 5.92 Å². The van der Waals surface area contributed by atoms with Crippen LogP contribution in [0.2, 0.25) is 0 Å². The highest BCUT2D eigenvalue weighted by molar-refractivity contribution is 5.94. The van der Waals surface area contributed by atoms with E-state index in [1.54, 1.807) is 24.3 Å². The third-order valence-electron chi connectivity index (χ3n) is 8.15. The first-order chi connectivity index (χ1) is 20.0. The van der Waals surface area contributed by atoms with E-state index in [9.17, 15) is 19.5 Å². The highest BCUT2D eigenvalue weighted by Gasteiger charge is 2.47. The number of amides is 2. The fourth-order valence-corrected chi connectivity index (χ4v) is 5.88. The van der Waals surface area contributed by atoms with Crippen LogP contribution < -0.4 is 10.1 Å². The molecular formula is C33H44N2O7. The van der Waals surface area contributed by atoms with Crippen LogP contribution in [0.3, 0.4) is 0 Å². The van der Waals surface area contributed by atoms with Crippen LogP contribution in [0.1, 0.15) is 86.7 Å². The number of carbonyl (C=O) groups is 3. The number of hydrogen-bond donors (Lipinski definition) is 2. The number of carbonyl (C=O) groups excluding carboxylic acids is 3. The maximum absolute atomic E-state index is 13.4. The molecule has 1 saturated heterocycles. The lowest BCUT2D eigenvalue weighted by atomic mass is 9.86. The number of nitrogens with one attached hydrogen (secondary N) is 1. The Morgan fingerprint density at radius 1 is 0.976 bits per heavy atom. The summed E-state index contributed by atoms with van der Waals surface area (Å²) in [5, 5.41) is 14.0. The largest absolute Gasteiger partial charge is 0.490 e. The molecule has 2 aromatic rings. The second kappa shape index (κ2) is 13.6. The first kappa shape index (κ1) is 31.3. The highest BCUT2D eigenvalue weighted by atomic mass is 16.6. The number of piperidine rings is 1. The van der Waals surface area contributed by atoms with E-state index in [2.05, 4.69) is 17.4 Å². The highest BCUT2D eigenvalue weighted by Crippen LogP contribution is 2.36. The molecule has 9 heteroatoms. The van der Waals surface area contributed by atoms with Crippen LogP contribution in [0.4, 0.5) is 4.79 Å². The average Bonchev–Trinajstić information content (AvgIpc) is 3.54. The van der Waals surface area contributed by atoms with Crippen LogP contribution >= 0.6 is 0 Å². The number of nitrogens with zero attached hydrogens (tertiary/aromatic N) is 1. The minimum absolute atomic E-state index is 0.0757. The van der Waals surface area contributed by atoms with Gasteiger partial charge in [0.25, 0.3) is 5.91 Å². The molecule has 2 aromatic carbocycles. The number of rotatable bonds is 9. The van der Waals surface area contributed by atoms with Crippen molar-refractivity contribution in [3.8, 4) is 5.75 Å². The lowest BCUT2D eigenvalue weighted by Crippen LogP contribution is -2.50. The Bertz CT molecular complexity index is 1240. The Balaban J connectivity index is 1.32. The molecule has 0 bridgehead atoms. The normalized spacial score (nSPS) is 17.8. The number of methoxy groups -OCH3 is 1. The van der Waals surface area contributed by atoms with Crippen molar-refractivity contribution in [2.75, 3.05) is 26.8 Å². The third kappa shape index (κ3) is 8.03. The van der Waals surface area contributed by atoms with Gasteiger partial charge in [0.15, 0.2) is 5.60 Å². The van der Waals surface area contributed by atoms with E-state index in [0.717, 1.165) is 44.1 Å². The smallest absolute Gasteiger partial charge is 0.407 e. The van der Waals surface area contributed by atoms with Gasteiger partial charge >= 0.3 is 12.1 Å². The molecular weight excluding hydrogens is 536 g/mol. The number of ether oxygens (including phenoxy) is 3. The van der Waals surface area contributed by atoms with E-state index in [-0.39, 0.29) is 18.4 Å². The molecule has 2 N–H and O–H groups in total. The molecule has 1 aliphatic carbocycles. The summed E-state index contributed by atoms with van der Waals surface area (Å²) < 4.78 is 16.1. The monoisotopic (exact) mass is 580 g/mol. The van der Waals surface area contributed by atoms with Crippen molar-refractivity contribution in [1.82, 2.24) is 10.2 Å². The SMILES string of the molecule is COC(=O)C(O)(COc1cccc(C(=O)N2CCC(c3cccc(CNC(=O)OC(C)(C)C)c3)CC2)c1)C1CCCC1. The number of likely N-dealkylation sites (tertiary alicyclic amines) is 1. The van der Waals surface area contributed by atoms with Gasteiger partial charge in [0, 0.05) is 31.1 Å². The minimum atomic E-state index is -1.71. The lowest BCUT2D eigenvalue weighted by Gasteiger charge is -2.33. The van der Waals surface area contributed by atoms with Crippen molar-refractivity contribution in [3.63, 3.8) is 0 Å².